The monoisotopic (exact) mass is 349 g/mol. The average Bonchev–Trinajstić information content (AvgIpc) is 2.77. The zero-order valence-electron chi connectivity index (χ0n) is 9.34. The third kappa shape index (κ3) is 2.73. The Morgan fingerprint density at radius 2 is 2.17 bits per heavy atom. The topological polar surface area (TPSA) is 64.8 Å². The second-order valence-electron chi connectivity index (χ2n) is 3.68. The lowest BCUT2D eigenvalue weighted by Crippen LogP contribution is -2.00. The molecule has 0 bridgehead atoms. The Morgan fingerprint density at radius 3 is 2.67 bits per heavy atom. The van der Waals surface area contributed by atoms with Crippen molar-refractivity contribution < 1.29 is 8.42 Å². The molecule has 2 heterocycles. The van der Waals surface area contributed by atoms with Crippen LogP contribution in [0.3, 0.4) is 0 Å². The van der Waals surface area contributed by atoms with Gasteiger partial charge in [0.15, 0.2) is 15.7 Å². The number of pyridine rings is 1. The van der Waals surface area contributed by atoms with Gasteiger partial charge in [0.2, 0.25) is 0 Å². The Balaban J connectivity index is 2.47. The maximum absolute atomic E-state index is 11.4. The lowest BCUT2D eigenvalue weighted by molar-refractivity contribution is 0.602. The highest BCUT2D eigenvalue weighted by atomic mass is 79.9. The van der Waals surface area contributed by atoms with Crippen LogP contribution in [0.25, 0.3) is 5.82 Å². The first-order valence-corrected chi connectivity index (χ1v) is 8.09. The van der Waals surface area contributed by atoms with Crippen LogP contribution in [0.15, 0.2) is 34.0 Å². The van der Waals surface area contributed by atoms with E-state index in [1.54, 1.807) is 6.20 Å². The molecule has 0 saturated carbocycles. The van der Waals surface area contributed by atoms with Crippen molar-refractivity contribution in [2.24, 2.45) is 0 Å². The minimum Gasteiger partial charge on any atom is -0.236 e. The van der Waals surface area contributed by atoms with E-state index < -0.39 is 9.84 Å². The van der Waals surface area contributed by atoms with Crippen LogP contribution in [0.1, 0.15) is 5.56 Å². The van der Waals surface area contributed by atoms with Gasteiger partial charge in [0, 0.05) is 18.3 Å². The van der Waals surface area contributed by atoms with Crippen molar-refractivity contribution in [3.63, 3.8) is 0 Å². The fraction of sp³-hybridized carbons (Fsp3) is 0.200. The molecule has 0 atom stereocenters. The molecular formula is C10H9BrClN3O2S. The number of halogens is 2. The summed E-state index contributed by atoms with van der Waals surface area (Å²) in [5.74, 6) is 0.873. The first-order chi connectivity index (χ1) is 8.41. The van der Waals surface area contributed by atoms with E-state index in [-0.39, 0.29) is 4.90 Å². The molecule has 0 unspecified atom stereocenters. The van der Waals surface area contributed by atoms with Gasteiger partial charge in [0.25, 0.3) is 0 Å². The van der Waals surface area contributed by atoms with Gasteiger partial charge in [-0.3, -0.25) is 0 Å². The van der Waals surface area contributed by atoms with E-state index in [0.29, 0.717) is 16.2 Å². The Bertz CT molecular complexity index is 684. The van der Waals surface area contributed by atoms with Crippen LogP contribution in [0.2, 0.25) is 0 Å². The molecule has 2 aromatic rings. The van der Waals surface area contributed by atoms with Gasteiger partial charge >= 0.3 is 0 Å². The summed E-state index contributed by atoms with van der Waals surface area (Å²) in [5.41, 5.74) is 0.864. The molecule has 0 fully saturated rings. The Labute approximate surface area is 118 Å². The van der Waals surface area contributed by atoms with Gasteiger partial charge in [0.05, 0.1) is 16.9 Å². The Kier molecular flexibility index (Phi) is 3.74. The standard InChI is InChI=1S/C10H9BrClN3O2S/c1-18(16,17)8-5-14-15(6-8)10-9(11)2-7(3-12)4-13-10/h2,4-6H,3H2,1H3. The molecular weight excluding hydrogens is 342 g/mol. The van der Waals surface area contributed by atoms with Crippen molar-refractivity contribution in [3.8, 4) is 5.82 Å². The van der Waals surface area contributed by atoms with Gasteiger partial charge in [-0.05, 0) is 27.6 Å². The molecule has 0 aliphatic heterocycles. The van der Waals surface area contributed by atoms with Crippen molar-refractivity contribution in [1.82, 2.24) is 14.8 Å². The van der Waals surface area contributed by atoms with Gasteiger partial charge in [-0.1, -0.05) is 0 Å². The number of rotatable bonds is 3. The predicted octanol–water partition coefficient (Wildman–Crippen LogP) is 2.17. The number of nitrogens with zero attached hydrogens (tertiary/aromatic N) is 3. The van der Waals surface area contributed by atoms with Crippen molar-refractivity contribution in [2.45, 2.75) is 10.8 Å². The largest absolute Gasteiger partial charge is 0.236 e. The predicted molar refractivity (Wildman–Crippen MR) is 71.7 cm³/mol. The maximum atomic E-state index is 11.4. The quantitative estimate of drug-likeness (QED) is 0.796. The van der Waals surface area contributed by atoms with E-state index in [4.69, 9.17) is 11.6 Å². The van der Waals surface area contributed by atoms with Gasteiger partial charge in [-0.2, -0.15) is 5.10 Å². The van der Waals surface area contributed by atoms with Gasteiger partial charge in [0.1, 0.15) is 4.90 Å². The van der Waals surface area contributed by atoms with E-state index in [1.807, 2.05) is 6.07 Å². The lowest BCUT2D eigenvalue weighted by atomic mass is 10.3. The second kappa shape index (κ2) is 4.99. The van der Waals surface area contributed by atoms with E-state index >= 15 is 0 Å². The molecule has 0 spiro atoms. The van der Waals surface area contributed by atoms with Crippen LogP contribution >= 0.6 is 27.5 Å². The van der Waals surface area contributed by atoms with Crippen LogP contribution in [0.4, 0.5) is 0 Å². The number of sulfone groups is 1. The smallest absolute Gasteiger partial charge is 0.178 e. The lowest BCUT2D eigenvalue weighted by Gasteiger charge is -2.04. The van der Waals surface area contributed by atoms with E-state index in [2.05, 4.69) is 26.0 Å². The van der Waals surface area contributed by atoms with E-state index in [1.165, 1.54) is 17.1 Å². The highest BCUT2D eigenvalue weighted by molar-refractivity contribution is 9.10. The third-order valence-electron chi connectivity index (χ3n) is 2.24. The zero-order chi connectivity index (χ0) is 13.3. The normalized spacial score (nSPS) is 11.7. The summed E-state index contributed by atoms with van der Waals surface area (Å²) in [5, 5.41) is 3.98. The third-order valence-corrected chi connectivity index (χ3v) is 4.20. The fourth-order valence-corrected chi connectivity index (χ4v) is 2.58. The fourth-order valence-electron chi connectivity index (χ4n) is 1.33. The van der Waals surface area contributed by atoms with Crippen LogP contribution in [-0.2, 0) is 15.7 Å². The summed E-state index contributed by atoms with van der Waals surface area (Å²) >= 11 is 9.05. The molecule has 0 radical (unpaired) electrons. The van der Waals surface area contributed by atoms with E-state index in [0.717, 1.165) is 11.8 Å². The number of alkyl halides is 1. The van der Waals surface area contributed by atoms with Crippen LogP contribution in [0.5, 0.6) is 0 Å². The molecule has 18 heavy (non-hydrogen) atoms. The van der Waals surface area contributed by atoms with Crippen molar-refractivity contribution in [1.29, 1.82) is 0 Å². The molecule has 2 aromatic heterocycles. The van der Waals surface area contributed by atoms with Crippen LogP contribution < -0.4 is 0 Å². The number of aromatic nitrogens is 3. The zero-order valence-corrected chi connectivity index (χ0v) is 12.5. The van der Waals surface area contributed by atoms with Gasteiger partial charge < -0.3 is 0 Å². The molecule has 2 rings (SSSR count). The summed E-state index contributed by atoms with van der Waals surface area (Å²) in [6.45, 7) is 0. The maximum Gasteiger partial charge on any atom is 0.178 e. The van der Waals surface area contributed by atoms with Crippen molar-refractivity contribution in [3.05, 3.63) is 34.7 Å². The van der Waals surface area contributed by atoms with Crippen molar-refractivity contribution >= 4 is 37.4 Å². The molecule has 96 valence electrons. The highest BCUT2D eigenvalue weighted by Crippen LogP contribution is 2.21. The Morgan fingerprint density at radius 1 is 1.44 bits per heavy atom. The molecule has 0 aliphatic rings. The summed E-state index contributed by atoms with van der Waals surface area (Å²) < 4.78 is 24.8. The molecule has 8 heteroatoms. The van der Waals surface area contributed by atoms with Gasteiger partial charge in [-0.15, -0.1) is 11.6 Å². The first kappa shape index (κ1) is 13.5. The highest BCUT2D eigenvalue weighted by Gasteiger charge is 2.13. The SMILES string of the molecule is CS(=O)(=O)c1cnn(-c2ncc(CCl)cc2Br)c1. The minimum absolute atomic E-state index is 0.151. The first-order valence-electron chi connectivity index (χ1n) is 4.87. The summed E-state index contributed by atoms with van der Waals surface area (Å²) in [4.78, 5) is 4.34. The number of hydrogen-bond donors (Lipinski definition) is 0. The molecule has 5 nitrogen and oxygen atoms in total. The average molecular weight is 351 g/mol. The molecule has 0 aliphatic carbocycles. The molecule has 0 saturated heterocycles. The minimum atomic E-state index is -3.26. The summed E-state index contributed by atoms with van der Waals surface area (Å²) in [7, 11) is -3.26. The van der Waals surface area contributed by atoms with E-state index in [9.17, 15) is 8.42 Å². The van der Waals surface area contributed by atoms with Crippen LogP contribution in [0, 0.1) is 0 Å². The molecule has 0 aromatic carbocycles. The molecule has 0 N–H and O–H groups in total. The van der Waals surface area contributed by atoms with Crippen molar-refractivity contribution in [2.75, 3.05) is 6.26 Å². The van der Waals surface area contributed by atoms with Crippen LogP contribution in [-0.4, -0.2) is 29.4 Å². The summed E-state index contributed by atoms with van der Waals surface area (Å²) in [6.07, 6.45) is 5.46. The second-order valence-corrected chi connectivity index (χ2v) is 6.81. The number of hydrogen-bond acceptors (Lipinski definition) is 4. The molecule has 0 amide bonds. The van der Waals surface area contributed by atoms with Gasteiger partial charge in [-0.25, -0.2) is 18.1 Å². The Hall–Kier alpha value is -0.920. The summed E-state index contributed by atoms with van der Waals surface area (Å²) in [6, 6.07) is 1.82.